The number of carboxylic acids is 1. The molecular formula is C14H11NO4. The minimum absolute atomic E-state index is 0.111. The van der Waals surface area contributed by atoms with Crippen molar-refractivity contribution in [3.8, 4) is 0 Å². The molecule has 0 radical (unpaired) electrons. The second-order valence-electron chi connectivity index (χ2n) is 3.80. The summed E-state index contributed by atoms with van der Waals surface area (Å²) < 4.78 is 5.09. The lowest BCUT2D eigenvalue weighted by Crippen LogP contribution is -2.07. The fraction of sp³-hybridized carbons (Fsp3) is 0.0714. The Balaban J connectivity index is 1.98. The Kier molecular flexibility index (Phi) is 3.87. The number of esters is 1. The molecule has 0 atom stereocenters. The molecule has 0 saturated carbocycles. The van der Waals surface area contributed by atoms with Gasteiger partial charge in [-0.05, 0) is 17.7 Å². The maximum atomic E-state index is 11.7. The third-order valence-electron chi connectivity index (χ3n) is 2.43. The van der Waals surface area contributed by atoms with E-state index in [2.05, 4.69) is 4.98 Å². The van der Waals surface area contributed by atoms with Crippen LogP contribution in [0.4, 0.5) is 0 Å². The summed E-state index contributed by atoms with van der Waals surface area (Å²) in [7, 11) is 0. The van der Waals surface area contributed by atoms with Gasteiger partial charge in [0.2, 0.25) is 0 Å². The van der Waals surface area contributed by atoms with Crippen LogP contribution in [0.1, 0.15) is 26.4 Å². The first-order valence-electron chi connectivity index (χ1n) is 5.57. The Bertz CT molecular complexity index is 578. The highest BCUT2D eigenvalue weighted by Crippen LogP contribution is 2.06. The van der Waals surface area contributed by atoms with E-state index in [0.717, 1.165) is 5.56 Å². The summed E-state index contributed by atoms with van der Waals surface area (Å²) in [4.78, 5) is 26.0. The molecule has 0 spiro atoms. The zero-order valence-electron chi connectivity index (χ0n) is 9.95. The van der Waals surface area contributed by atoms with Gasteiger partial charge in [0, 0.05) is 6.20 Å². The van der Waals surface area contributed by atoms with Crippen LogP contribution in [-0.4, -0.2) is 22.0 Å². The van der Waals surface area contributed by atoms with Crippen molar-refractivity contribution in [3.05, 3.63) is 65.5 Å². The number of carboxylic acid groups (broad SMARTS) is 1. The lowest BCUT2D eigenvalue weighted by molar-refractivity contribution is 0.0471. The lowest BCUT2D eigenvalue weighted by Gasteiger charge is -2.04. The summed E-state index contributed by atoms with van der Waals surface area (Å²) in [6, 6.07) is 11.9. The van der Waals surface area contributed by atoms with Gasteiger partial charge in [0.25, 0.3) is 0 Å². The Morgan fingerprint density at radius 1 is 1.11 bits per heavy atom. The molecule has 1 aromatic carbocycles. The maximum Gasteiger partial charge on any atom is 0.354 e. The van der Waals surface area contributed by atoms with Gasteiger partial charge in [0.1, 0.15) is 12.3 Å². The molecular weight excluding hydrogens is 246 g/mol. The molecule has 19 heavy (non-hydrogen) atoms. The predicted molar refractivity (Wildman–Crippen MR) is 66.8 cm³/mol. The van der Waals surface area contributed by atoms with E-state index in [1.165, 1.54) is 18.3 Å². The van der Waals surface area contributed by atoms with Gasteiger partial charge in [-0.3, -0.25) is 0 Å². The molecule has 0 aliphatic carbocycles. The van der Waals surface area contributed by atoms with Gasteiger partial charge in [-0.1, -0.05) is 30.3 Å². The number of aromatic carboxylic acids is 1. The fourth-order valence-electron chi connectivity index (χ4n) is 1.45. The van der Waals surface area contributed by atoms with Crippen LogP contribution >= 0.6 is 0 Å². The van der Waals surface area contributed by atoms with Crippen molar-refractivity contribution in [1.29, 1.82) is 0 Å². The smallest absolute Gasteiger partial charge is 0.354 e. The topological polar surface area (TPSA) is 76.5 Å². The van der Waals surface area contributed by atoms with E-state index in [-0.39, 0.29) is 17.9 Å². The van der Waals surface area contributed by atoms with Crippen LogP contribution in [0.25, 0.3) is 0 Å². The maximum absolute atomic E-state index is 11.7. The molecule has 0 amide bonds. The normalized spacial score (nSPS) is 9.89. The van der Waals surface area contributed by atoms with Crippen LogP contribution in [0.2, 0.25) is 0 Å². The van der Waals surface area contributed by atoms with Crippen molar-refractivity contribution in [3.63, 3.8) is 0 Å². The van der Waals surface area contributed by atoms with Crippen LogP contribution in [0, 0.1) is 0 Å². The van der Waals surface area contributed by atoms with Crippen LogP contribution in [0.5, 0.6) is 0 Å². The van der Waals surface area contributed by atoms with E-state index in [9.17, 15) is 9.59 Å². The van der Waals surface area contributed by atoms with Crippen LogP contribution in [-0.2, 0) is 11.3 Å². The number of benzene rings is 1. The van der Waals surface area contributed by atoms with E-state index < -0.39 is 11.9 Å². The van der Waals surface area contributed by atoms with E-state index in [4.69, 9.17) is 9.84 Å². The summed E-state index contributed by atoms with van der Waals surface area (Å²) in [5.41, 5.74) is 0.992. The van der Waals surface area contributed by atoms with E-state index in [1.54, 1.807) is 0 Å². The molecule has 0 bridgehead atoms. The third kappa shape index (κ3) is 3.38. The second kappa shape index (κ2) is 5.77. The summed E-state index contributed by atoms with van der Waals surface area (Å²) in [5, 5.41) is 8.69. The first kappa shape index (κ1) is 12.8. The average Bonchev–Trinajstić information content (AvgIpc) is 2.46. The van der Waals surface area contributed by atoms with Crippen molar-refractivity contribution in [2.24, 2.45) is 0 Å². The monoisotopic (exact) mass is 257 g/mol. The Morgan fingerprint density at radius 2 is 1.84 bits per heavy atom. The molecule has 5 nitrogen and oxygen atoms in total. The number of aromatic nitrogens is 1. The molecule has 0 unspecified atom stereocenters. The molecule has 0 fully saturated rings. The highest BCUT2D eigenvalue weighted by Gasteiger charge is 2.10. The predicted octanol–water partition coefficient (Wildman–Crippen LogP) is 2.14. The Morgan fingerprint density at radius 3 is 2.42 bits per heavy atom. The van der Waals surface area contributed by atoms with E-state index in [0.29, 0.717) is 0 Å². The highest BCUT2D eigenvalue weighted by molar-refractivity contribution is 5.90. The molecule has 2 rings (SSSR count). The van der Waals surface area contributed by atoms with Crippen LogP contribution in [0.15, 0.2) is 48.7 Å². The number of carbonyl (C=O) groups is 2. The summed E-state index contributed by atoms with van der Waals surface area (Å²) in [5.74, 6) is -1.67. The summed E-state index contributed by atoms with van der Waals surface area (Å²) in [6.07, 6.45) is 1.19. The molecule has 1 N–H and O–H groups in total. The lowest BCUT2D eigenvalue weighted by atomic mass is 10.2. The van der Waals surface area contributed by atoms with Gasteiger partial charge in [-0.2, -0.15) is 0 Å². The SMILES string of the molecule is O=C(OCc1ccccc1)c1ccc(C(=O)O)nc1. The zero-order chi connectivity index (χ0) is 13.7. The van der Waals surface area contributed by atoms with Crippen molar-refractivity contribution in [2.75, 3.05) is 0 Å². The molecule has 2 aromatic rings. The zero-order valence-corrected chi connectivity index (χ0v) is 9.95. The van der Waals surface area contributed by atoms with Gasteiger partial charge in [0.15, 0.2) is 0 Å². The average molecular weight is 257 g/mol. The van der Waals surface area contributed by atoms with Crippen LogP contribution in [0.3, 0.4) is 0 Å². The summed E-state index contributed by atoms with van der Waals surface area (Å²) in [6.45, 7) is 0.167. The van der Waals surface area contributed by atoms with Gasteiger partial charge >= 0.3 is 11.9 Å². The van der Waals surface area contributed by atoms with Crippen LogP contribution < -0.4 is 0 Å². The van der Waals surface area contributed by atoms with Gasteiger partial charge < -0.3 is 9.84 Å². The molecule has 0 aliphatic heterocycles. The van der Waals surface area contributed by atoms with E-state index >= 15 is 0 Å². The number of nitrogens with zero attached hydrogens (tertiary/aromatic N) is 1. The van der Waals surface area contributed by atoms with E-state index in [1.807, 2.05) is 30.3 Å². The number of carbonyl (C=O) groups excluding carboxylic acids is 1. The molecule has 1 aromatic heterocycles. The first-order valence-corrected chi connectivity index (χ1v) is 5.57. The largest absolute Gasteiger partial charge is 0.477 e. The minimum atomic E-state index is -1.13. The standard InChI is InChI=1S/C14H11NO4/c16-13(17)12-7-6-11(8-15-12)14(18)19-9-10-4-2-1-3-5-10/h1-8H,9H2,(H,16,17). The Hall–Kier alpha value is -2.69. The quantitative estimate of drug-likeness (QED) is 0.849. The molecule has 5 heteroatoms. The number of ether oxygens (including phenoxy) is 1. The minimum Gasteiger partial charge on any atom is -0.477 e. The molecule has 96 valence electrons. The third-order valence-corrected chi connectivity index (χ3v) is 2.43. The highest BCUT2D eigenvalue weighted by atomic mass is 16.5. The molecule has 0 aliphatic rings. The molecule has 0 saturated heterocycles. The Labute approximate surface area is 109 Å². The van der Waals surface area contributed by atoms with Gasteiger partial charge in [-0.25, -0.2) is 14.6 Å². The number of pyridine rings is 1. The van der Waals surface area contributed by atoms with Gasteiger partial charge in [0.05, 0.1) is 5.56 Å². The number of hydrogen-bond donors (Lipinski definition) is 1. The van der Waals surface area contributed by atoms with Crippen molar-refractivity contribution < 1.29 is 19.4 Å². The van der Waals surface area contributed by atoms with Crippen molar-refractivity contribution in [2.45, 2.75) is 6.61 Å². The van der Waals surface area contributed by atoms with Gasteiger partial charge in [-0.15, -0.1) is 0 Å². The first-order chi connectivity index (χ1) is 9.16. The van der Waals surface area contributed by atoms with Crippen molar-refractivity contribution in [1.82, 2.24) is 4.98 Å². The second-order valence-corrected chi connectivity index (χ2v) is 3.80. The number of hydrogen-bond acceptors (Lipinski definition) is 4. The fourth-order valence-corrected chi connectivity index (χ4v) is 1.45. The summed E-state index contributed by atoms with van der Waals surface area (Å²) >= 11 is 0. The number of rotatable bonds is 4. The molecule has 1 heterocycles. The van der Waals surface area contributed by atoms with Crippen molar-refractivity contribution >= 4 is 11.9 Å².